The Morgan fingerprint density at radius 2 is 1.04 bits per heavy atom. The highest BCUT2D eigenvalue weighted by molar-refractivity contribution is 7.18. The minimum absolute atomic E-state index is 0.675. The summed E-state index contributed by atoms with van der Waals surface area (Å²) in [6.07, 6.45) is 1.82. The first kappa shape index (κ1) is 15.9. The number of nitrogens with two attached hydrogens (primary N) is 2. The van der Waals surface area contributed by atoms with Crippen LogP contribution in [0.1, 0.15) is 11.1 Å². The zero-order valence-corrected chi connectivity index (χ0v) is 14.0. The molecule has 0 spiro atoms. The SMILES string of the molecule is NCCc1ccccc1-c1ccc(-c2ccccc2CCN)s1. The molecule has 0 radical (unpaired) electrons. The van der Waals surface area contributed by atoms with Crippen molar-refractivity contribution in [2.24, 2.45) is 11.5 Å². The summed E-state index contributed by atoms with van der Waals surface area (Å²) in [5.41, 5.74) is 16.7. The van der Waals surface area contributed by atoms with Crippen LogP contribution in [0.25, 0.3) is 20.9 Å². The van der Waals surface area contributed by atoms with Gasteiger partial charge in [-0.25, -0.2) is 0 Å². The van der Waals surface area contributed by atoms with Crippen molar-refractivity contribution in [3.05, 3.63) is 71.8 Å². The third-order valence-electron chi connectivity index (χ3n) is 4.00. The molecule has 3 rings (SSSR count). The largest absolute Gasteiger partial charge is 0.330 e. The van der Waals surface area contributed by atoms with Crippen molar-refractivity contribution in [2.45, 2.75) is 12.8 Å². The maximum absolute atomic E-state index is 5.75. The summed E-state index contributed by atoms with van der Waals surface area (Å²) in [7, 11) is 0. The topological polar surface area (TPSA) is 52.0 Å². The minimum Gasteiger partial charge on any atom is -0.330 e. The third kappa shape index (κ3) is 3.53. The lowest BCUT2D eigenvalue weighted by Crippen LogP contribution is -2.03. The minimum atomic E-state index is 0.675. The number of benzene rings is 2. The molecule has 0 unspecified atom stereocenters. The van der Waals surface area contributed by atoms with Crippen LogP contribution in [0.3, 0.4) is 0 Å². The van der Waals surface area contributed by atoms with Gasteiger partial charge < -0.3 is 11.5 Å². The van der Waals surface area contributed by atoms with Gasteiger partial charge in [-0.3, -0.25) is 0 Å². The van der Waals surface area contributed by atoms with Crippen LogP contribution in [0.4, 0.5) is 0 Å². The molecule has 0 bridgehead atoms. The molecule has 1 aromatic heterocycles. The summed E-state index contributed by atoms with van der Waals surface area (Å²) >= 11 is 1.84. The molecule has 0 atom stereocenters. The fourth-order valence-corrected chi connectivity index (χ4v) is 4.02. The third-order valence-corrected chi connectivity index (χ3v) is 5.15. The molecular formula is C20H22N2S. The monoisotopic (exact) mass is 322 g/mol. The van der Waals surface area contributed by atoms with Crippen LogP contribution in [-0.2, 0) is 12.8 Å². The molecule has 0 aliphatic heterocycles. The van der Waals surface area contributed by atoms with Crippen LogP contribution in [0.15, 0.2) is 60.7 Å². The molecular weight excluding hydrogens is 300 g/mol. The molecule has 1 heterocycles. The summed E-state index contributed by atoms with van der Waals surface area (Å²) < 4.78 is 0. The molecule has 23 heavy (non-hydrogen) atoms. The summed E-state index contributed by atoms with van der Waals surface area (Å²) in [5.74, 6) is 0. The van der Waals surface area contributed by atoms with E-state index in [1.165, 1.54) is 32.0 Å². The van der Waals surface area contributed by atoms with E-state index in [1.54, 1.807) is 0 Å². The average molecular weight is 322 g/mol. The molecule has 0 fully saturated rings. The van der Waals surface area contributed by atoms with E-state index >= 15 is 0 Å². The molecule has 2 nitrogen and oxygen atoms in total. The molecule has 0 saturated heterocycles. The van der Waals surface area contributed by atoms with Crippen molar-refractivity contribution in [1.29, 1.82) is 0 Å². The van der Waals surface area contributed by atoms with Crippen LogP contribution in [-0.4, -0.2) is 13.1 Å². The summed E-state index contributed by atoms with van der Waals surface area (Å²) in [6.45, 7) is 1.35. The fourth-order valence-electron chi connectivity index (χ4n) is 2.90. The maximum Gasteiger partial charge on any atom is 0.0352 e. The van der Waals surface area contributed by atoms with Gasteiger partial charge in [0.1, 0.15) is 0 Å². The van der Waals surface area contributed by atoms with Crippen molar-refractivity contribution in [1.82, 2.24) is 0 Å². The second-order valence-electron chi connectivity index (χ2n) is 5.56. The first-order valence-corrected chi connectivity index (χ1v) is 8.81. The second-order valence-corrected chi connectivity index (χ2v) is 6.64. The summed E-state index contributed by atoms with van der Waals surface area (Å²) in [6, 6.07) is 21.5. The molecule has 0 saturated carbocycles. The first-order valence-electron chi connectivity index (χ1n) is 8.00. The van der Waals surface area contributed by atoms with E-state index in [2.05, 4.69) is 60.7 Å². The van der Waals surface area contributed by atoms with Gasteiger partial charge in [0.15, 0.2) is 0 Å². The first-order chi connectivity index (χ1) is 11.3. The second kappa shape index (κ2) is 7.55. The van der Waals surface area contributed by atoms with Crippen LogP contribution < -0.4 is 11.5 Å². The van der Waals surface area contributed by atoms with Gasteiger partial charge in [0.25, 0.3) is 0 Å². The Morgan fingerprint density at radius 3 is 1.48 bits per heavy atom. The Hall–Kier alpha value is -1.94. The van der Waals surface area contributed by atoms with Gasteiger partial charge in [-0.15, -0.1) is 11.3 Å². The highest BCUT2D eigenvalue weighted by atomic mass is 32.1. The van der Waals surface area contributed by atoms with Gasteiger partial charge in [0.05, 0.1) is 0 Å². The molecule has 0 amide bonds. The van der Waals surface area contributed by atoms with Crippen LogP contribution in [0, 0.1) is 0 Å². The number of hydrogen-bond donors (Lipinski definition) is 2. The standard InChI is InChI=1S/C20H22N2S/c21-13-11-15-5-1-3-7-17(15)19-9-10-20(23-19)18-8-4-2-6-16(18)12-14-22/h1-10H,11-14,21-22H2. The van der Waals surface area contributed by atoms with E-state index in [0.717, 1.165) is 12.8 Å². The Labute approximate surface area is 141 Å². The van der Waals surface area contributed by atoms with Crippen molar-refractivity contribution < 1.29 is 0 Å². The van der Waals surface area contributed by atoms with Crippen molar-refractivity contribution >= 4 is 11.3 Å². The quantitative estimate of drug-likeness (QED) is 0.718. The van der Waals surface area contributed by atoms with Crippen LogP contribution in [0.2, 0.25) is 0 Å². The van der Waals surface area contributed by atoms with Crippen molar-refractivity contribution in [2.75, 3.05) is 13.1 Å². The molecule has 3 heteroatoms. The lowest BCUT2D eigenvalue weighted by Gasteiger charge is -2.07. The van der Waals surface area contributed by atoms with Gasteiger partial charge in [-0.05, 0) is 60.3 Å². The molecule has 4 N–H and O–H groups in total. The van der Waals surface area contributed by atoms with Gasteiger partial charge in [0, 0.05) is 9.75 Å². The zero-order valence-electron chi connectivity index (χ0n) is 13.2. The Kier molecular flexibility index (Phi) is 5.23. The fraction of sp³-hybridized carbons (Fsp3) is 0.200. The van der Waals surface area contributed by atoms with Gasteiger partial charge in [-0.1, -0.05) is 48.5 Å². The van der Waals surface area contributed by atoms with Gasteiger partial charge in [-0.2, -0.15) is 0 Å². The molecule has 2 aromatic carbocycles. The molecule has 3 aromatic rings. The Morgan fingerprint density at radius 1 is 0.609 bits per heavy atom. The van der Waals surface area contributed by atoms with Gasteiger partial charge >= 0.3 is 0 Å². The molecule has 118 valence electrons. The number of hydrogen-bond acceptors (Lipinski definition) is 3. The Balaban J connectivity index is 1.99. The highest BCUT2D eigenvalue weighted by Gasteiger charge is 2.10. The lowest BCUT2D eigenvalue weighted by molar-refractivity contribution is 0.971. The lowest BCUT2D eigenvalue weighted by atomic mass is 10.0. The predicted octanol–water partition coefficient (Wildman–Crippen LogP) is 4.08. The van der Waals surface area contributed by atoms with E-state index < -0.39 is 0 Å². The highest BCUT2D eigenvalue weighted by Crippen LogP contribution is 2.37. The Bertz CT molecular complexity index is 713. The normalized spacial score (nSPS) is 10.9. The average Bonchev–Trinajstić information content (AvgIpc) is 3.06. The summed E-state index contributed by atoms with van der Waals surface area (Å²) in [4.78, 5) is 2.60. The van der Waals surface area contributed by atoms with E-state index in [-0.39, 0.29) is 0 Å². The van der Waals surface area contributed by atoms with E-state index in [1.807, 2.05) is 11.3 Å². The molecule has 0 aliphatic carbocycles. The number of thiophene rings is 1. The van der Waals surface area contributed by atoms with Crippen LogP contribution >= 0.6 is 11.3 Å². The van der Waals surface area contributed by atoms with E-state index in [9.17, 15) is 0 Å². The van der Waals surface area contributed by atoms with E-state index in [0.29, 0.717) is 13.1 Å². The maximum atomic E-state index is 5.75. The number of rotatable bonds is 6. The predicted molar refractivity (Wildman–Crippen MR) is 101 cm³/mol. The van der Waals surface area contributed by atoms with Crippen molar-refractivity contribution in [3.8, 4) is 20.9 Å². The van der Waals surface area contributed by atoms with Gasteiger partial charge in [0.2, 0.25) is 0 Å². The van der Waals surface area contributed by atoms with Crippen molar-refractivity contribution in [3.63, 3.8) is 0 Å². The van der Waals surface area contributed by atoms with Crippen LogP contribution in [0.5, 0.6) is 0 Å². The molecule has 0 aliphatic rings. The smallest absolute Gasteiger partial charge is 0.0352 e. The zero-order chi connectivity index (χ0) is 16.1. The van der Waals surface area contributed by atoms with E-state index in [4.69, 9.17) is 11.5 Å². The summed E-state index contributed by atoms with van der Waals surface area (Å²) in [5, 5.41) is 0.